The van der Waals surface area contributed by atoms with E-state index >= 15 is 0 Å². The van der Waals surface area contributed by atoms with E-state index in [4.69, 9.17) is 0 Å². The van der Waals surface area contributed by atoms with Crippen molar-refractivity contribution < 1.29 is 5.11 Å². The van der Waals surface area contributed by atoms with E-state index in [-0.39, 0.29) is 0 Å². The summed E-state index contributed by atoms with van der Waals surface area (Å²) in [6.07, 6.45) is 0. The number of aromatic hydroxyl groups is 1. The summed E-state index contributed by atoms with van der Waals surface area (Å²) in [6, 6.07) is 10.4. The molecule has 17 heavy (non-hydrogen) atoms. The van der Waals surface area contributed by atoms with Crippen molar-refractivity contribution in [2.45, 2.75) is 39.5 Å². The molecule has 0 unspecified atom stereocenters. The zero-order valence-corrected chi connectivity index (χ0v) is 11.0. The lowest BCUT2D eigenvalue weighted by Crippen LogP contribution is -1.91. The molecule has 0 spiro atoms. The van der Waals surface area contributed by atoms with Crippen LogP contribution in [0.3, 0.4) is 0 Å². The average molecular weight is 228 g/mol. The van der Waals surface area contributed by atoms with Gasteiger partial charge in [0.1, 0.15) is 5.75 Å². The van der Waals surface area contributed by atoms with E-state index in [1.54, 1.807) is 0 Å². The molecule has 0 aliphatic carbocycles. The van der Waals surface area contributed by atoms with Gasteiger partial charge in [-0.2, -0.15) is 0 Å². The third kappa shape index (κ3) is 2.28. The highest BCUT2D eigenvalue weighted by atomic mass is 16.3. The summed E-state index contributed by atoms with van der Waals surface area (Å²) >= 11 is 0. The van der Waals surface area contributed by atoms with E-state index in [1.807, 2.05) is 6.07 Å². The van der Waals surface area contributed by atoms with Gasteiger partial charge >= 0.3 is 0 Å². The monoisotopic (exact) mass is 228 g/mol. The summed E-state index contributed by atoms with van der Waals surface area (Å²) in [5.41, 5.74) is 2.37. The maximum Gasteiger partial charge on any atom is 0.119 e. The minimum atomic E-state index is 0.349. The zero-order chi connectivity index (χ0) is 12.6. The lowest BCUT2D eigenvalue weighted by atomic mass is 9.95. The number of benzene rings is 2. The molecule has 90 valence electrons. The largest absolute Gasteiger partial charge is 0.508 e. The molecule has 0 heterocycles. The third-order valence-corrected chi connectivity index (χ3v) is 3.30. The van der Waals surface area contributed by atoms with Crippen molar-refractivity contribution in [1.29, 1.82) is 0 Å². The fourth-order valence-corrected chi connectivity index (χ4v) is 2.14. The molecule has 0 aliphatic heterocycles. The molecule has 1 nitrogen and oxygen atoms in total. The van der Waals surface area contributed by atoms with Gasteiger partial charge in [0.25, 0.3) is 0 Å². The highest BCUT2D eigenvalue weighted by Gasteiger charge is 2.08. The van der Waals surface area contributed by atoms with Crippen molar-refractivity contribution in [1.82, 2.24) is 0 Å². The van der Waals surface area contributed by atoms with Gasteiger partial charge in [-0.1, -0.05) is 45.9 Å². The number of phenols is 1. The lowest BCUT2D eigenvalue weighted by molar-refractivity contribution is 0.466. The summed E-state index contributed by atoms with van der Waals surface area (Å²) in [6.45, 7) is 8.61. The van der Waals surface area contributed by atoms with Crippen LogP contribution in [0, 0.1) is 0 Å². The SMILES string of the molecule is CC(C)c1ccc2cc(O)c(C(C)C)cc2c1. The molecule has 0 aliphatic rings. The Labute approximate surface area is 103 Å². The first-order chi connectivity index (χ1) is 7.99. The summed E-state index contributed by atoms with van der Waals surface area (Å²) in [5, 5.41) is 12.3. The van der Waals surface area contributed by atoms with Crippen LogP contribution in [0.15, 0.2) is 30.3 Å². The minimum Gasteiger partial charge on any atom is -0.508 e. The Balaban J connectivity index is 2.64. The van der Waals surface area contributed by atoms with Gasteiger partial charge in [0, 0.05) is 0 Å². The molecule has 0 bridgehead atoms. The van der Waals surface area contributed by atoms with Crippen molar-refractivity contribution in [2.75, 3.05) is 0 Å². The van der Waals surface area contributed by atoms with Gasteiger partial charge in [0.2, 0.25) is 0 Å². The van der Waals surface area contributed by atoms with E-state index in [1.165, 1.54) is 10.9 Å². The van der Waals surface area contributed by atoms with Crippen LogP contribution in [0.2, 0.25) is 0 Å². The van der Waals surface area contributed by atoms with E-state index < -0.39 is 0 Å². The van der Waals surface area contributed by atoms with Gasteiger partial charge in [0.15, 0.2) is 0 Å². The maximum atomic E-state index is 9.96. The van der Waals surface area contributed by atoms with Crippen molar-refractivity contribution in [3.63, 3.8) is 0 Å². The fourth-order valence-electron chi connectivity index (χ4n) is 2.14. The molecule has 2 rings (SSSR count). The smallest absolute Gasteiger partial charge is 0.119 e. The summed E-state index contributed by atoms with van der Waals surface area (Å²) in [7, 11) is 0. The molecule has 0 radical (unpaired) electrons. The third-order valence-electron chi connectivity index (χ3n) is 3.30. The number of hydrogen-bond acceptors (Lipinski definition) is 1. The Bertz CT molecular complexity index is 538. The van der Waals surface area contributed by atoms with Crippen molar-refractivity contribution in [2.24, 2.45) is 0 Å². The first-order valence-electron chi connectivity index (χ1n) is 6.25. The molecule has 1 N–H and O–H groups in total. The molecule has 2 aromatic rings. The molecule has 0 saturated carbocycles. The number of rotatable bonds is 2. The van der Waals surface area contributed by atoms with Crippen LogP contribution in [0.25, 0.3) is 10.8 Å². The molecular weight excluding hydrogens is 208 g/mol. The van der Waals surface area contributed by atoms with Gasteiger partial charge in [-0.15, -0.1) is 0 Å². The predicted octanol–water partition coefficient (Wildman–Crippen LogP) is 4.79. The van der Waals surface area contributed by atoms with Gasteiger partial charge in [-0.3, -0.25) is 0 Å². The molecular formula is C16H20O. The number of hydrogen-bond donors (Lipinski definition) is 1. The normalized spacial score (nSPS) is 11.6. The van der Waals surface area contributed by atoms with Gasteiger partial charge in [0.05, 0.1) is 0 Å². The molecule has 0 aromatic heterocycles. The first kappa shape index (κ1) is 12.0. The van der Waals surface area contributed by atoms with Crippen molar-refractivity contribution in [3.05, 3.63) is 41.5 Å². The second-order valence-electron chi connectivity index (χ2n) is 5.33. The second kappa shape index (κ2) is 4.40. The first-order valence-corrected chi connectivity index (χ1v) is 6.25. The molecule has 0 saturated heterocycles. The van der Waals surface area contributed by atoms with Crippen LogP contribution >= 0.6 is 0 Å². The van der Waals surface area contributed by atoms with Gasteiger partial charge in [-0.25, -0.2) is 0 Å². The minimum absolute atomic E-state index is 0.349. The molecule has 0 amide bonds. The predicted molar refractivity (Wildman–Crippen MR) is 73.8 cm³/mol. The van der Waals surface area contributed by atoms with Crippen molar-refractivity contribution >= 4 is 10.8 Å². The fraction of sp³-hybridized carbons (Fsp3) is 0.375. The van der Waals surface area contributed by atoms with Crippen molar-refractivity contribution in [3.8, 4) is 5.75 Å². The topological polar surface area (TPSA) is 20.2 Å². The van der Waals surface area contributed by atoms with Crippen LogP contribution in [-0.2, 0) is 0 Å². The van der Waals surface area contributed by atoms with E-state index in [2.05, 4.69) is 52.0 Å². The lowest BCUT2D eigenvalue weighted by Gasteiger charge is -2.12. The number of fused-ring (bicyclic) bond motifs is 1. The Hall–Kier alpha value is -1.50. The molecule has 1 heteroatoms. The van der Waals surface area contributed by atoms with Gasteiger partial charge in [-0.05, 0) is 45.9 Å². The van der Waals surface area contributed by atoms with E-state index in [0.29, 0.717) is 17.6 Å². The Morgan fingerprint density at radius 2 is 1.53 bits per heavy atom. The maximum absolute atomic E-state index is 9.96. The van der Waals surface area contributed by atoms with Crippen LogP contribution < -0.4 is 0 Å². The Morgan fingerprint density at radius 3 is 2.12 bits per heavy atom. The Morgan fingerprint density at radius 1 is 0.824 bits per heavy atom. The molecule has 0 fully saturated rings. The quantitative estimate of drug-likeness (QED) is 0.783. The van der Waals surface area contributed by atoms with Crippen LogP contribution in [0.4, 0.5) is 0 Å². The number of phenolic OH excluding ortho intramolecular Hbond substituents is 1. The summed E-state index contributed by atoms with van der Waals surface area (Å²) in [5.74, 6) is 1.29. The highest BCUT2D eigenvalue weighted by Crippen LogP contribution is 2.31. The standard InChI is InChI=1S/C16H20O/c1-10(2)12-5-6-13-9-16(17)15(11(3)4)8-14(13)7-12/h5-11,17H,1-4H3. The zero-order valence-electron chi connectivity index (χ0n) is 11.0. The van der Waals surface area contributed by atoms with Crippen LogP contribution in [0.5, 0.6) is 5.75 Å². The van der Waals surface area contributed by atoms with Crippen LogP contribution in [-0.4, -0.2) is 5.11 Å². The van der Waals surface area contributed by atoms with E-state index in [9.17, 15) is 5.11 Å². The van der Waals surface area contributed by atoms with E-state index in [0.717, 1.165) is 10.9 Å². The molecule has 2 aromatic carbocycles. The van der Waals surface area contributed by atoms with Gasteiger partial charge < -0.3 is 5.11 Å². The summed E-state index contributed by atoms with van der Waals surface area (Å²) < 4.78 is 0. The summed E-state index contributed by atoms with van der Waals surface area (Å²) in [4.78, 5) is 0. The average Bonchev–Trinajstić information content (AvgIpc) is 2.27. The Kier molecular flexibility index (Phi) is 3.10. The molecule has 0 atom stereocenters. The van der Waals surface area contributed by atoms with Crippen LogP contribution in [0.1, 0.15) is 50.7 Å². The highest BCUT2D eigenvalue weighted by molar-refractivity contribution is 5.85. The second-order valence-corrected chi connectivity index (χ2v) is 5.33.